The van der Waals surface area contributed by atoms with Crippen molar-refractivity contribution < 1.29 is 4.79 Å². The molecule has 0 unspecified atom stereocenters. The molecule has 7 heteroatoms. The fourth-order valence-electron chi connectivity index (χ4n) is 6.80. The molecule has 6 nitrogen and oxygen atoms in total. The summed E-state index contributed by atoms with van der Waals surface area (Å²) in [6, 6.07) is 8.20. The molecule has 4 bridgehead atoms. The number of carbonyl (C=O) groups excluding carboxylic acids is 1. The van der Waals surface area contributed by atoms with E-state index >= 15 is 0 Å². The van der Waals surface area contributed by atoms with Crippen LogP contribution in [0.2, 0.25) is 0 Å². The Morgan fingerprint density at radius 1 is 1.13 bits per heavy atom. The van der Waals surface area contributed by atoms with Crippen LogP contribution < -0.4 is 5.32 Å². The number of nitrogens with one attached hydrogen (secondary N) is 1. The number of aryl methyl sites for hydroxylation is 1. The highest BCUT2D eigenvalue weighted by atomic mass is 32.2. The van der Waals surface area contributed by atoms with Gasteiger partial charge in [0.05, 0.1) is 11.3 Å². The summed E-state index contributed by atoms with van der Waals surface area (Å²) in [6.07, 6.45) is 7.68. The molecule has 4 saturated carbocycles. The lowest BCUT2D eigenvalue weighted by Gasteiger charge is -2.56. The van der Waals surface area contributed by atoms with Crippen molar-refractivity contribution in [3.8, 4) is 0 Å². The van der Waals surface area contributed by atoms with Gasteiger partial charge in [-0.15, -0.1) is 10.2 Å². The number of carbonyl (C=O) groups is 1. The van der Waals surface area contributed by atoms with Gasteiger partial charge in [0.15, 0.2) is 5.65 Å². The third-order valence-electron chi connectivity index (χ3n) is 7.45. The first kappa shape index (κ1) is 18.6. The zero-order valence-corrected chi connectivity index (χ0v) is 18.1. The van der Waals surface area contributed by atoms with Gasteiger partial charge in [0.1, 0.15) is 5.52 Å². The second-order valence-corrected chi connectivity index (χ2v) is 10.5. The second kappa shape index (κ2) is 6.94. The highest BCUT2D eigenvalue weighted by Crippen LogP contribution is 2.55. The van der Waals surface area contributed by atoms with Gasteiger partial charge in [-0.25, -0.2) is 4.98 Å². The monoisotopic (exact) mass is 421 g/mol. The summed E-state index contributed by atoms with van der Waals surface area (Å²) in [6.45, 7) is 2.93. The molecule has 4 fully saturated rings. The summed E-state index contributed by atoms with van der Waals surface area (Å²) in [5.41, 5.74) is 2.86. The summed E-state index contributed by atoms with van der Waals surface area (Å²) in [7, 11) is 0. The summed E-state index contributed by atoms with van der Waals surface area (Å²) in [5.74, 6) is 2.95. The number of hydrogen-bond acceptors (Lipinski definition) is 5. The molecule has 1 N–H and O–H groups in total. The zero-order chi connectivity index (χ0) is 20.3. The van der Waals surface area contributed by atoms with Crippen molar-refractivity contribution in [1.29, 1.82) is 0 Å². The molecule has 2 heterocycles. The van der Waals surface area contributed by atoms with Crippen LogP contribution in [0.3, 0.4) is 0 Å². The number of rotatable bonds is 5. The van der Waals surface area contributed by atoms with Crippen molar-refractivity contribution in [1.82, 2.24) is 25.1 Å². The summed E-state index contributed by atoms with van der Waals surface area (Å²) >= 11 is 1.39. The first-order chi connectivity index (χ1) is 14.6. The lowest BCUT2D eigenvalue weighted by atomic mass is 9.53. The molecule has 3 aromatic rings. The Kier molecular flexibility index (Phi) is 4.30. The number of thioether (sulfide) groups is 1. The van der Waals surface area contributed by atoms with E-state index < -0.39 is 0 Å². The molecule has 156 valence electrons. The van der Waals surface area contributed by atoms with Crippen LogP contribution in [0.25, 0.3) is 22.1 Å². The summed E-state index contributed by atoms with van der Waals surface area (Å²) < 4.78 is 2.17. The van der Waals surface area contributed by atoms with Gasteiger partial charge in [0.25, 0.3) is 0 Å². The predicted molar refractivity (Wildman–Crippen MR) is 118 cm³/mol. The number of aromatic nitrogens is 4. The van der Waals surface area contributed by atoms with Crippen LogP contribution in [0.15, 0.2) is 29.4 Å². The average Bonchev–Trinajstić information content (AvgIpc) is 3.04. The van der Waals surface area contributed by atoms with Crippen LogP contribution >= 0.6 is 11.8 Å². The Bertz CT molecular complexity index is 1100. The maximum atomic E-state index is 12.8. The zero-order valence-electron chi connectivity index (χ0n) is 17.3. The van der Waals surface area contributed by atoms with E-state index in [4.69, 9.17) is 4.98 Å². The number of nitrogens with zero attached hydrogens (tertiary/aromatic N) is 4. The second-order valence-electron chi connectivity index (χ2n) is 9.56. The number of para-hydroxylation sites is 1. The van der Waals surface area contributed by atoms with E-state index in [-0.39, 0.29) is 11.4 Å². The molecular weight excluding hydrogens is 394 g/mol. The number of amides is 1. The molecule has 4 aliphatic carbocycles. The highest BCUT2D eigenvalue weighted by Gasteiger charge is 2.51. The van der Waals surface area contributed by atoms with Gasteiger partial charge < -0.3 is 9.88 Å². The highest BCUT2D eigenvalue weighted by molar-refractivity contribution is 7.99. The van der Waals surface area contributed by atoms with Crippen molar-refractivity contribution in [2.45, 2.75) is 62.7 Å². The van der Waals surface area contributed by atoms with Gasteiger partial charge >= 0.3 is 0 Å². The van der Waals surface area contributed by atoms with Crippen LogP contribution in [0.1, 0.15) is 45.4 Å². The van der Waals surface area contributed by atoms with E-state index in [9.17, 15) is 4.79 Å². The van der Waals surface area contributed by atoms with E-state index in [1.807, 2.05) is 12.1 Å². The first-order valence-corrected chi connectivity index (χ1v) is 12.2. The molecule has 0 aliphatic heterocycles. The number of benzene rings is 1. The van der Waals surface area contributed by atoms with Crippen molar-refractivity contribution in [2.24, 2.45) is 17.8 Å². The minimum atomic E-state index is 0.0596. The van der Waals surface area contributed by atoms with E-state index in [0.717, 1.165) is 46.4 Å². The maximum Gasteiger partial charge on any atom is 0.230 e. The Morgan fingerprint density at radius 2 is 1.83 bits per heavy atom. The molecule has 2 aromatic heterocycles. The minimum absolute atomic E-state index is 0.0596. The van der Waals surface area contributed by atoms with Gasteiger partial charge in [-0.05, 0) is 69.3 Å². The predicted octanol–water partition coefficient (Wildman–Crippen LogP) is 4.18. The van der Waals surface area contributed by atoms with E-state index in [0.29, 0.717) is 10.9 Å². The topological polar surface area (TPSA) is 72.7 Å². The fraction of sp³-hybridized carbons (Fsp3) is 0.565. The Labute approximate surface area is 180 Å². The van der Waals surface area contributed by atoms with Crippen molar-refractivity contribution >= 4 is 39.7 Å². The van der Waals surface area contributed by atoms with E-state index in [1.165, 1.54) is 50.3 Å². The van der Waals surface area contributed by atoms with Crippen molar-refractivity contribution in [3.05, 3.63) is 24.3 Å². The Hall–Kier alpha value is -2.15. The molecule has 0 atom stereocenters. The third kappa shape index (κ3) is 3.01. The standard InChI is InChI=1S/C23H27N5OS/c1-2-28-18-6-4-3-5-17(18)20-21(28)24-22(27-26-20)30-13-19(29)25-23-10-14-7-15(11-23)9-16(8-14)12-23/h3-6,14-16H,2,7-13H2,1H3,(H,25,29). The van der Waals surface area contributed by atoms with Crippen LogP contribution in [-0.2, 0) is 11.3 Å². The molecule has 7 rings (SSSR count). The molecule has 30 heavy (non-hydrogen) atoms. The normalized spacial score (nSPS) is 29.7. The number of hydrogen-bond donors (Lipinski definition) is 1. The lowest BCUT2D eigenvalue weighted by Crippen LogP contribution is -2.60. The lowest BCUT2D eigenvalue weighted by molar-refractivity contribution is -0.124. The first-order valence-electron chi connectivity index (χ1n) is 11.2. The Morgan fingerprint density at radius 3 is 2.53 bits per heavy atom. The van der Waals surface area contributed by atoms with Crippen LogP contribution in [-0.4, -0.2) is 36.9 Å². The largest absolute Gasteiger partial charge is 0.350 e. The quantitative estimate of drug-likeness (QED) is 0.626. The van der Waals surface area contributed by atoms with Gasteiger partial charge in [0.2, 0.25) is 11.1 Å². The smallest absolute Gasteiger partial charge is 0.230 e. The maximum absolute atomic E-state index is 12.8. The van der Waals surface area contributed by atoms with Gasteiger partial charge in [-0.2, -0.15) is 0 Å². The van der Waals surface area contributed by atoms with E-state index in [2.05, 4.69) is 39.1 Å². The summed E-state index contributed by atoms with van der Waals surface area (Å²) in [4.78, 5) is 17.6. The molecule has 1 amide bonds. The van der Waals surface area contributed by atoms with Crippen LogP contribution in [0, 0.1) is 17.8 Å². The van der Waals surface area contributed by atoms with Gasteiger partial charge in [-0.1, -0.05) is 30.0 Å². The molecule has 1 aromatic carbocycles. The van der Waals surface area contributed by atoms with Gasteiger partial charge in [-0.3, -0.25) is 4.79 Å². The molecule has 4 aliphatic rings. The summed E-state index contributed by atoms with van der Waals surface area (Å²) in [5, 5.41) is 13.8. The van der Waals surface area contributed by atoms with Crippen LogP contribution in [0.5, 0.6) is 0 Å². The van der Waals surface area contributed by atoms with Crippen molar-refractivity contribution in [3.63, 3.8) is 0 Å². The molecular formula is C23H27N5OS. The average molecular weight is 422 g/mol. The fourth-order valence-corrected chi connectivity index (χ4v) is 7.38. The SMILES string of the molecule is CCn1c2ccccc2c2nnc(SCC(=O)NC34CC5CC(CC(C5)C3)C4)nc21. The van der Waals surface area contributed by atoms with E-state index in [1.54, 1.807) is 0 Å². The number of fused-ring (bicyclic) bond motifs is 3. The minimum Gasteiger partial charge on any atom is -0.350 e. The molecule has 0 radical (unpaired) electrons. The molecule has 0 saturated heterocycles. The molecule has 0 spiro atoms. The van der Waals surface area contributed by atoms with Crippen molar-refractivity contribution in [2.75, 3.05) is 5.75 Å². The Balaban J connectivity index is 1.19. The van der Waals surface area contributed by atoms with Gasteiger partial charge in [0, 0.05) is 17.5 Å². The van der Waals surface area contributed by atoms with Crippen LogP contribution in [0.4, 0.5) is 0 Å². The third-order valence-corrected chi connectivity index (χ3v) is 8.28.